The number of aliphatic hydroxyl groups is 1. The third kappa shape index (κ3) is 50.4. The first-order valence-corrected chi connectivity index (χ1v) is 30.0. The van der Waals surface area contributed by atoms with Gasteiger partial charge in [0.2, 0.25) is 0 Å². The number of aliphatic hydroxyl groups excluding tert-OH is 1. The Morgan fingerprint density at radius 3 is 1.14 bits per heavy atom. The van der Waals surface area contributed by atoms with Crippen molar-refractivity contribution in [2.45, 2.75) is 277 Å². The quantitative estimate of drug-likeness (QED) is 0.0197. The number of ether oxygens (including phenoxy) is 3. The van der Waals surface area contributed by atoms with Crippen LogP contribution < -0.4 is 0 Å². The number of phosphoric acid groups is 1. The van der Waals surface area contributed by atoms with Crippen molar-refractivity contribution in [3.05, 3.63) is 48.6 Å². The molecule has 11 nitrogen and oxygen atoms in total. The highest BCUT2D eigenvalue weighted by molar-refractivity contribution is 7.47. The molecule has 3 unspecified atom stereocenters. The van der Waals surface area contributed by atoms with Crippen LogP contribution in [0.4, 0.5) is 0 Å². The molecule has 0 spiro atoms. The summed E-state index contributed by atoms with van der Waals surface area (Å²) < 4.78 is 39.5. The molecule has 0 bridgehead atoms. The smallest absolute Gasteiger partial charge is 0.462 e. The van der Waals surface area contributed by atoms with E-state index in [9.17, 15) is 28.9 Å². The lowest BCUT2D eigenvalue weighted by atomic mass is 10.1. The molecule has 12 heteroatoms. The molecular weight excluding hydrogens is 904 g/mol. The Morgan fingerprint density at radius 2 is 0.714 bits per heavy atom. The molecule has 3 atom stereocenters. The first kappa shape index (κ1) is 67.4. The van der Waals surface area contributed by atoms with Crippen LogP contribution in [0.5, 0.6) is 0 Å². The van der Waals surface area contributed by atoms with Crippen molar-refractivity contribution in [1.29, 1.82) is 0 Å². The maximum absolute atomic E-state index is 12.9. The summed E-state index contributed by atoms with van der Waals surface area (Å²) in [5.41, 5.74) is 0. The Kier molecular flexibility index (Phi) is 50.8. The zero-order chi connectivity index (χ0) is 51.3. The van der Waals surface area contributed by atoms with Crippen LogP contribution in [0.2, 0.25) is 0 Å². The second-order valence-electron chi connectivity index (χ2n) is 19.1. The molecule has 2 N–H and O–H groups in total. The maximum atomic E-state index is 12.9. The summed E-state index contributed by atoms with van der Waals surface area (Å²) in [7, 11) is -4.75. The molecule has 0 radical (unpaired) electrons. The normalized spacial score (nSPS) is 13.7. The Hall–Kier alpha value is -2.56. The average molecular weight is 1010 g/mol. The highest BCUT2D eigenvalue weighted by atomic mass is 31.2. The summed E-state index contributed by atoms with van der Waals surface area (Å²) in [5.74, 6) is -1.48. The number of phosphoric ester groups is 1. The van der Waals surface area contributed by atoms with E-state index in [1.165, 1.54) is 89.9 Å². The SMILES string of the molecule is CCCC/C=C\CCCCCCCC(=O)OCC(COP(=O)(O)OCC(CO)OC(=O)CCCCCCC/C=C\CCCCCCCC)OC(=O)CCCCCCCCC/C=C\C/C=C\CCCCC. The zero-order valence-corrected chi connectivity index (χ0v) is 45.9. The lowest BCUT2D eigenvalue weighted by molar-refractivity contribution is -0.161. The van der Waals surface area contributed by atoms with Gasteiger partial charge in [0, 0.05) is 19.3 Å². The fraction of sp³-hybridized carbons (Fsp3) is 0.810. The van der Waals surface area contributed by atoms with Crippen molar-refractivity contribution in [2.24, 2.45) is 0 Å². The van der Waals surface area contributed by atoms with E-state index in [1.54, 1.807) is 0 Å². The number of hydrogen-bond donors (Lipinski definition) is 2. The number of rotatable bonds is 53. The third-order valence-electron chi connectivity index (χ3n) is 12.2. The summed E-state index contributed by atoms with van der Waals surface area (Å²) in [6.45, 7) is 4.56. The number of carbonyl (C=O) groups excluding carboxylic acids is 3. The van der Waals surface area contributed by atoms with Crippen LogP contribution in [0.1, 0.15) is 265 Å². The molecule has 0 aromatic rings. The van der Waals surface area contributed by atoms with Crippen molar-refractivity contribution in [1.82, 2.24) is 0 Å². The fourth-order valence-corrected chi connectivity index (χ4v) is 8.56. The minimum absolute atomic E-state index is 0.157. The van der Waals surface area contributed by atoms with Gasteiger partial charge >= 0.3 is 25.7 Å². The molecule has 0 aromatic heterocycles. The van der Waals surface area contributed by atoms with Crippen LogP contribution >= 0.6 is 7.82 Å². The molecule has 0 aliphatic heterocycles. The molecule has 0 heterocycles. The molecule has 0 saturated carbocycles. The summed E-state index contributed by atoms with van der Waals surface area (Å²) in [4.78, 5) is 48.4. The minimum Gasteiger partial charge on any atom is -0.462 e. The Bertz CT molecular complexity index is 1360. The van der Waals surface area contributed by atoms with Crippen LogP contribution in [0, 0.1) is 0 Å². The summed E-state index contributed by atoms with van der Waals surface area (Å²) in [5, 5.41) is 9.80. The summed E-state index contributed by atoms with van der Waals surface area (Å²) in [6.07, 6.45) is 55.0. The predicted octanol–water partition coefficient (Wildman–Crippen LogP) is 16.6. The number of allylic oxidation sites excluding steroid dienone is 8. The van der Waals surface area contributed by atoms with Crippen LogP contribution in [-0.2, 0) is 42.2 Å². The van der Waals surface area contributed by atoms with Crippen molar-refractivity contribution in [3.8, 4) is 0 Å². The molecule has 0 aliphatic carbocycles. The van der Waals surface area contributed by atoms with E-state index >= 15 is 0 Å². The average Bonchev–Trinajstić information content (AvgIpc) is 3.35. The maximum Gasteiger partial charge on any atom is 0.472 e. The van der Waals surface area contributed by atoms with E-state index in [-0.39, 0.29) is 25.9 Å². The van der Waals surface area contributed by atoms with Crippen LogP contribution in [0.3, 0.4) is 0 Å². The van der Waals surface area contributed by atoms with E-state index in [0.29, 0.717) is 19.3 Å². The molecule has 0 aliphatic rings. The van der Waals surface area contributed by atoms with E-state index in [0.717, 1.165) is 116 Å². The highest BCUT2D eigenvalue weighted by Gasteiger charge is 2.28. The van der Waals surface area contributed by atoms with Gasteiger partial charge in [-0.05, 0) is 96.3 Å². The second kappa shape index (κ2) is 52.8. The van der Waals surface area contributed by atoms with E-state index in [4.69, 9.17) is 23.3 Å². The number of carbonyl (C=O) groups is 3. The molecule has 0 saturated heterocycles. The molecule has 0 aromatic carbocycles. The molecular formula is C58H105O11P. The van der Waals surface area contributed by atoms with E-state index in [2.05, 4.69) is 69.4 Å². The topological polar surface area (TPSA) is 155 Å². The van der Waals surface area contributed by atoms with Gasteiger partial charge < -0.3 is 24.2 Å². The number of esters is 3. The monoisotopic (exact) mass is 1010 g/mol. The molecule has 0 amide bonds. The van der Waals surface area contributed by atoms with Gasteiger partial charge in [-0.3, -0.25) is 23.4 Å². The predicted molar refractivity (Wildman–Crippen MR) is 289 cm³/mol. The standard InChI is InChI=1S/C58H105O11P/c1-4-7-10-13-16-19-22-24-26-27-29-31-34-37-40-43-46-49-58(62)69-55(51-65-56(60)47-44-41-38-35-32-21-18-15-12-9-6-3)53-67-70(63,64)66-52-54(50-59)68-57(61)48-45-42-39-36-33-30-28-25-23-20-17-14-11-8-5-2/h15-16,18-19,24-26,28,54-55,59H,4-14,17,20-23,27,29-53H2,1-3H3,(H,63,64)/b18-15-,19-16-,26-24-,28-25-. The molecule has 70 heavy (non-hydrogen) atoms. The van der Waals surface area contributed by atoms with E-state index in [1.807, 2.05) is 0 Å². The van der Waals surface area contributed by atoms with Gasteiger partial charge in [-0.25, -0.2) is 4.57 Å². The Labute approximate surface area is 428 Å². The van der Waals surface area contributed by atoms with Gasteiger partial charge in [-0.1, -0.05) is 198 Å². The second-order valence-corrected chi connectivity index (χ2v) is 20.5. The molecule has 408 valence electrons. The van der Waals surface area contributed by atoms with Gasteiger partial charge in [0.25, 0.3) is 0 Å². The lowest BCUT2D eigenvalue weighted by Gasteiger charge is -2.21. The highest BCUT2D eigenvalue weighted by Crippen LogP contribution is 2.43. The summed E-state index contributed by atoms with van der Waals surface area (Å²) in [6, 6.07) is 0. The number of hydrogen-bond acceptors (Lipinski definition) is 10. The van der Waals surface area contributed by atoms with Crippen LogP contribution in [-0.4, -0.2) is 66.5 Å². The zero-order valence-electron chi connectivity index (χ0n) is 45.0. The van der Waals surface area contributed by atoms with Gasteiger partial charge in [-0.15, -0.1) is 0 Å². The van der Waals surface area contributed by atoms with Gasteiger partial charge in [0.15, 0.2) is 6.10 Å². The third-order valence-corrected chi connectivity index (χ3v) is 13.1. The number of unbranched alkanes of at least 4 members (excludes halogenated alkanes) is 28. The van der Waals surface area contributed by atoms with Gasteiger partial charge in [-0.2, -0.15) is 0 Å². The van der Waals surface area contributed by atoms with Crippen molar-refractivity contribution in [3.63, 3.8) is 0 Å². The molecule has 0 rings (SSSR count). The van der Waals surface area contributed by atoms with Crippen LogP contribution in [0.25, 0.3) is 0 Å². The van der Waals surface area contributed by atoms with Crippen molar-refractivity contribution >= 4 is 25.7 Å². The first-order chi connectivity index (χ1) is 34.2. The largest absolute Gasteiger partial charge is 0.472 e. The van der Waals surface area contributed by atoms with E-state index < -0.39 is 57.8 Å². The first-order valence-electron chi connectivity index (χ1n) is 28.5. The lowest BCUT2D eigenvalue weighted by Crippen LogP contribution is -2.30. The van der Waals surface area contributed by atoms with Crippen LogP contribution in [0.15, 0.2) is 48.6 Å². The van der Waals surface area contributed by atoms with Gasteiger partial charge in [0.05, 0.1) is 19.8 Å². The van der Waals surface area contributed by atoms with Gasteiger partial charge in [0.1, 0.15) is 12.7 Å². The fourth-order valence-electron chi connectivity index (χ4n) is 7.77. The molecule has 0 fully saturated rings. The Balaban J connectivity index is 4.70. The van der Waals surface area contributed by atoms with Crippen molar-refractivity contribution < 1.29 is 52.2 Å². The minimum atomic E-state index is -4.75. The summed E-state index contributed by atoms with van der Waals surface area (Å²) >= 11 is 0. The van der Waals surface area contributed by atoms with Crippen molar-refractivity contribution in [2.75, 3.05) is 26.4 Å². The Morgan fingerprint density at radius 1 is 0.400 bits per heavy atom.